The van der Waals surface area contributed by atoms with Crippen LogP contribution in [0.5, 0.6) is 0 Å². The lowest BCUT2D eigenvalue weighted by Crippen LogP contribution is -2.68. The van der Waals surface area contributed by atoms with Crippen molar-refractivity contribution >= 4 is 0 Å². The van der Waals surface area contributed by atoms with Crippen LogP contribution >= 0.6 is 0 Å². The van der Waals surface area contributed by atoms with Crippen molar-refractivity contribution in [1.29, 1.82) is 0 Å². The zero-order valence-electron chi connectivity index (χ0n) is 54.9. The molecule has 0 amide bonds. The van der Waals surface area contributed by atoms with Gasteiger partial charge in [-0.1, -0.05) is 46.3 Å². The molecule has 30 nitrogen and oxygen atoms in total. The normalized spacial score (nSPS) is 52.7. The average molecular weight is 1360 g/mol. The maximum Gasteiger partial charge on any atom is 0.187 e. The summed E-state index contributed by atoms with van der Waals surface area (Å²) in [5, 5.41) is 196. The number of allylic oxidation sites excluding steroid dienone is 2. The maximum absolute atomic E-state index is 13.0. The Morgan fingerprint density at radius 2 is 0.947 bits per heavy atom. The Labute approximate surface area is 547 Å². The van der Waals surface area contributed by atoms with Crippen LogP contribution in [0.4, 0.5) is 0 Å². The molecule has 0 bridgehead atoms. The Bertz CT molecular complexity index is 2500. The van der Waals surface area contributed by atoms with Crippen molar-refractivity contribution in [2.75, 3.05) is 46.2 Å². The molecule has 18 N–H and O–H groups in total. The van der Waals surface area contributed by atoms with Crippen LogP contribution in [0, 0.1) is 45.3 Å². The van der Waals surface area contributed by atoms with Gasteiger partial charge in [0.25, 0.3) is 0 Å². The summed E-state index contributed by atoms with van der Waals surface area (Å²) in [4.78, 5) is 0. The SMILES string of the molecule is CC(C)=CCC[C@](C)(OC[C@@H]1O[C@H](CO[C@@H]2O[C@@H](CO[C@@H]3OC[C@@H](O)[C@H](O)[C@H]3O)[C@H](O)[C@H]2O)[C@@H](O)[C@H](O)[C@H]1O)C1CC[C@]2(C)C1[C@H](O)CC1[C@@]3(C)CC[C@H](O[C@@H]4O[C@H](CO)[C@@H](O)[C@H](O)[C@H]4O[C@@H]4O[C@H](CO)[C@@H](O)[C@H](O)[C@H]4O[C@@H]4OC[C@@H](O)[C@H](O)[C@H]4O)C(C)(C)C3CC[C@]12C. The van der Waals surface area contributed by atoms with E-state index in [-0.39, 0.29) is 47.7 Å². The van der Waals surface area contributed by atoms with Gasteiger partial charge in [-0.25, -0.2) is 0 Å². The van der Waals surface area contributed by atoms with Gasteiger partial charge in [0.15, 0.2) is 31.5 Å². The molecule has 6 saturated heterocycles. The molecule has 0 aromatic heterocycles. The van der Waals surface area contributed by atoms with Crippen LogP contribution in [0.1, 0.15) is 113 Å². The lowest BCUT2D eigenvalue weighted by Gasteiger charge is -2.71. The second-order valence-corrected chi connectivity index (χ2v) is 30.4. The Hall–Kier alpha value is -1.46. The highest BCUT2D eigenvalue weighted by atomic mass is 16.8. The van der Waals surface area contributed by atoms with Crippen molar-refractivity contribution in [3.8, 4) is 0 Å². The van der Waals surface area contributed by atoms with Gasteiger partial charge in [-0.2, -0.15) is 0 Å². The molecule has 94 heavy (non-hydrogen) atoms. The molecule has 4 saturated carbocycles. The van der Waals surface area contributed by atoms with Crippen molar-refractivity contribution in [3.63, 3.8) is 0 Å². The standard InChI is InChI=1S/C64H108O30/c1-26(2)10-9-14-64(8,87-25-35-45(75)47(77)44(74)33(88-35)23-86-56-52(82)46(76)34(91-56)24-85-55-50(80)40(70)29(68)21-83-55)27-11-16-63(7)39(27)28(67)18-37-61(5)15-13-38(60(3,4)36(61)12-17-62(37,63)6)92-58-53(48(78)42(72)31(19-65)89-58)94-59-54(49(79)43(73)32(20-66)90-59)93-57-51(81)41(71)30(69)22-84-57/h10,27-59,65-82H,9,11-25H2,1-8H3/t27?,28-,29-,30-,31-,32-,33-,34+,35+,36?,37?,38+,39?,40+,41+,42-,43-,44-,45+,46+,47+,48+,49+,50-,51-,52-,53-,54-,55+,56-,57+,58+,59+,61+,62-,63-,64+/m1/s1. The highest BCUT2D eigenvalue weighted by Gasteiger charge is 2.72. The molecule has 4 unspecified atom stereocenters. The van der Waals surface area contributed by atoms with E-state index in [4.69, 9.17) is 56.8 Å². The van der Waals surface area contributed by atoms with Gasteiger partial charge in [0.2, 0.25) is 0 Å². The Morgan fingerprint density at radius 3 is 1.53 bits per heavy atom. The third-order valence-corrected chi connectivity index (χ3v) is 24.3. The van der Waals surface area contributed by atoms with E-state index < -0.39 is 227 Å². The summed E-state index contributed by atoms with van der Waals surface area (Å²) >= 11 is 0. The van der Waals surface area contributed by atoms with Crippen LogP contribution in [-0.2, 0) is 56.8 Å². The first kappa shape index (κ1) is 75.2. The zero-order valence-corrected chi connectivity index (χ0v) is 54.9. The molecule has 10 rings (SSSR count). The van der Waals surface area contributed by atoms with E-state index >= 15 is 0 Å². The van der Waals surface area contributed by atoms with E-state index in [9.17, 15) is 91.9 Å². The monoisotopic (exact) mass is 1360 g/mol. The summed E-state index contributed by atoms with van der Waals surface area (Å²) in [5.74, 6) is -0.457. The first-order valence-corrected chi connectivity index (χ1v) is 33.6. The van der Waals surface area contributed by atoms with Gasteiger partial charge >= 0.3 is 0 Å². The molecule has 30 heteroatoms. The van der Waals surface area contributed by atoms with Crippen LogP contribution in [0.2, 0.25) is 0 Å². The van der Waals surface area contributed by atoms with Crippen LogP contribution in [0.25, 0.3) is 0 Å². The second kappa shape index (κ2) is 29.5. The smallest absolute Gasteiger partial charge is 0.187 e. The molecule has 0 radical (unpaired) electrons. The summed E-state index contributed by atoms with van der Waals surface area (Å²) in [7, 11) is 0. The summed E-state index contributed by atoms with van der Waals surface area (Å²) in [6, 6.07) is 0. The molecule has 0 aromatic carbocycles. The van der Waals surface area contributed by atoms with Crippen LogP contribution in [0.15, 0.2) is 11.6 Å². The topological polar surface area (TPSA) is 475 Å². The number of fused-ring (bicyclic) bond motifs is 5. The predicted octanol–water partition coefficient (Wildman–Crippen LogP) is -4.59. The van der Waals surface area contributed by atoms with Crippen LogP contribution < -0.4 is 0 Å². The number of hydrogen-bond acceptors (Lipinski definition) is 30. The molecule has 6 aliphatic heterocycles. The molecule has 4 aliphatic carbocycles. The van der Waals surface area contributed by atoms with Crippen LogP contribution in [-0.4, -0.2) is 322 Å². The fraction of sp³-hybridized carbons (Fsp3) is 0.969. The van der Waals surface area contributed by atoms with E-state index in [1.165, 1.54) is 0 Å². The van der Waals surface area contributed by atoms with Crippen molar-refractivity contribution in [2.24, 2.45) is 45.3 Å². The van der Waals surface area contributed by atoms with E-state index in [0.717, 1.165) is 24.8 Å². The van der Waals surface area contributed by atoms with Gasteiger partial charge in [-0.3, -0.25) is 0 Å². The molecule has 10 fully saturated rings. The minimum Gasteiger partial charge on any atom is -0.394 e. The average Bonchev–Trinajstić information content (AvgIpc) is 1.25. The maximum atomic E-state index is 13.0. The summed E-state index contributed by atoms with van der Waals surface area (Å²) in [5.41, 5.74) is -1.57. The minimum absolute atomic E-state index is 0.00865. The van der Waals surface area contributed by atoms with Crippen molar-refractivity contribution in [2.45, 2.75) is 297 Å². The Balaban J connectivity index is 0.820. The third-order valence-electron chi connectivity index (χ3n) is 24.3. The van der Waals surface area contributed by atoms with E-state index in [1.54, 1.807) is 0 Å². The number of aliphatic hydroxyl groups is 18. The zero-order chi connectivity index (χ0) is 68.6. The molecule has 6 heterocycles. The van der Waals surface area contributed by atoms with Gasteiger partial charge in [-0.05, 0) is 124 Å². The summed E-state index contributed by atoms with van der Waals surface area (Å²) in [6.07, 6.45) is -36.2. The number of rotatable bonds is 21. The van der Waals surface area contributed by atoms with Crippen molar-refractivity contribution in [1.82, 2.24) is 0 Å². The van der Waals surface area contributed by atoms with Crippen LogP contribution in [0.3, 0.4) is 0 Å². The first-order valence-electron chi connectivity index (χ1n) is 33.6. The first-order chi connectivity index (χ1) is 44.2. The highest BCUT2D eigenvalue weighted by Crippen LogP contribution is 2.76. The lowest BCUT2D eigenvalue weighted by molar-refractivity contribution is -0.395. The Morgan fingerprint density at radius 1 is 0.468 bits per heavy atom. The summed E-state index contributed by atoms with van der Waals surface area (Å²) < 4.78 is 72.3. The quantitative estimate of drug-likeness (QED) is 0.0380. The minimum atomic E-state index is -1.89. The van der Waals surface area contributed by atoms with Gasteiger partial charge in [-0.15, -0.1) is 0 Å². The van der Waals surface area contributed by atoms with E-state index in [1.807, 2.05) is 20.8 Å². The second-order valence-electron chi connectivity index (χ2n) is 30.4. The molecule has 37 atom stereocenters. The van der Waals surface area contributed by atoms with Crippen molar-refractivity contribution < 1.29 is 149 Å². The predicted molar refractivity (Wildman–Crippen MR) is 318 cm³/mol. The highest BCUT2D eigenvalue weighted by molar-refractivity contribution is 5.21. The van der Waals surface area contributed by atoms with Gasteiger partial charge < -0.3 is 149 Å². The Kier molecular flexibility index (Phi) is 23.6. The largest absolute Gasteiger partial charge is 0.394 e. The molecule has 0 aromatic rings. The third kappa shape index (κ3) is 13.9. The van der Waals surface area contributed by atoms with Gasteiger partial charge in [0.1, 0.15) is 134 Å². The number of aliphatic hydroxyl groups excluding tert-OH is 18. The molecular weight excluding hydrogens is 1250 g/mol. The van der Waals surface area contributed by atoms with Crippen molar-refractivity contribution in [3.05, 3.63) is 11.6 Å². The molecule has 10 aliphatic rings. The van der Waals surface area contributed by atoms with Gasteiger partial charge in [0.05, 0.1) is 64.1 Å². The fourth-order valence-electron chi connectivity index (χ4n) is 18.5. The molecule has 0 spiro atoms. The molecule has 544 valence electrons. The van der Waals surface area contributed by atoms with E-state index in [2.05, 4.69) is 40.7 Å². The molecular formula is C64H108O30. The summed E-state index contributed by atoms with van der Waals surface area (Å²) in [6.45, 7) is 13.8. The fourth-order valence-corrected chi connectivity index (χ4v) is 18.5. The van der Waals surface area contributed by atoms with E-state index in [0.29, 0.717) is 38.5 Å². The lowest BCUT2D eigenvalue weighted by atomic mass is 9.35. The number of hydrogen-bond donors (Lipinski definition) is 18. The number of ether oxygens (including phenoxy) is 12. The van der Waals surface area contributed by atoms with Gasteiger partial charge in [0, 0.05) is 0 Å².